The molecule has 5 heteroatoms. The predicted molar refractivity (Wildman–Crippen MR) is 118 cm³/mol. The summed E-state index contributed by atoms with van der Waals surface area (Å²) in [6, 6.07) is 14.7. The van der Waals surface area contributed by atoms with Gasteiger partial charge in [-0.25, -0.2) is 0 Å². The molecule has 2 fully saturated rings. The minimum Gasteiger partial charge on any atom is -0.369 e. The number of piperazine rings is 1. The normalized spacial score (nSPS) is 18.4. The first kappa shape index (κ1) is 19.6. The molecule has 1 amide bonds. The Hall–Kier alpha value is -2.66. The first-order chi connectivity index (χ1) is 14.3. The minimum absolute atomic E-state index is 0.0385. The van der Waals surface area contributed by atoms with Gasteiger partial charge in [0.25, 0.3) is 5.91 Å². The first-order valence-electron chi connectivity index (χ1n) is 10.7. The van der Waals surface area contributed by atoms with Crippen LogP contribution in [-0.2, 0) is 0 Å². The van der Waals surface area contributed by atoms with Crippen LogP contribution in [0.25, 0.3) is 6.08 Å². The number of hydrogen-bond donors (Lipinski definition) is 1. The van der Waals surface area contributed by atoms with E-state index in [4.69, 9.17) is 0 Å². The van der Waals surface area contributed by atoms with Crippen molar-refractivity contribution in [3.63, 3.8) is 0 Å². The Morgan fingerprint density at radius 3 is 2.59 bits per heavy atom. The highest BCUT2D eigenvalue weighted by atomic mass is 16.1. The topological polar surface area (TPSA) is 48.5 Å². The van der Waals surface area contributed by atoms with Gasteiger partial charge >= 0.3 is 0 Å². The van der Waals surface area contributed by atoms with Gasteiger partial charge in [0.2, 0.25) is 0 Å². The van der Waals surface area contributed by atoms with E-state index in [-0.39, 0.29) is 5.91 Å². The minimum atomic E-state index is -0.0385. The molecule has 0 radical (unpaired) electrons. The van der Waals surface area contributed by atoms with Gasteiger partial charge in [0.15, 0.2) is 0 Å². The van der Waals surface area contributed by atoms with E-state index in [0.717, 1.165) is 51.3 Å². The summed E-state index contributed by atoms with van der Waals surface area (Å²) in [5.74, 6) is -0.0385. The number of aromatic nitrogens is 1. The van der Waals surface area contributed by atoms with E-state index in [2.05, 4.69) is 56.5 Å². The number of pyridine rings is 1. The third-order valence-electron chi connectivity index (χ3n) is 5.88. The summed E-state index contributed by atoms with van der Waals surface area (Å²) >= 11 is 0. The molecular formula is C24H30N4O. The van der Waals surface area contributed by atoms with Crippen molar-refractivity contribution in [2.24, 2.45) is 0 Å². The summed E-state index contributed by atoms with van der Waals surface area (Å²) in [7, 11) is 0. The molecule has 0 bridgehead atoms. The molecule has 1 saturated heterocycles. The number of nitrogens with zero attached hydrogens (tertiary/aromatic N) is 3. The third kappa shape index (κ3) is 5.45. The summed E-state index contributed by atoms with van der Waals surface area (Å²) in [4.78, 5) is 21.6. The molecule has 5 nitrogen and oxygen atoms in total. The molecule has 1 aromatic carbocycles. The van der Waals surface area contributed by atoms with Crippen LogP contribution in [0.2, 0.25) is 0 Å². The molecule has 0 atom stereocenters. The zero-order valence-corrected chi connectivity index (χ0v) is 17.0. The molecule has 4 rings (SSSR count). The quantitative estimate of drug-likeness (QED) is 0.819. The van der Waals surface area contributed by atoms with Crippen LogP contribution in [0.1, 0.15) is 41.7 Å². The summed E-state index contributed by atoms with van der Waals surface area (Å²) < 4.78 is 0. The zero-order chi connectivity index (χ0) is 19.9. The van der Waals surface area contributed by atoms with Crippen LogP contribution in [0.3, 0.4) is 0 Å². The summed E-state index contributed by atoms with van der Waals surface area (Å²) in [6.45, 7) is 4.93. The monoisotopic (exact) mass is 390 g/mol. The molecule has 0 unspecified atom stereocenters. The van der Waals surface area contributed by atoms with Crippen molar-refractivity contribution in [1.82, 2.24) is 15.2 Å². The van der Waals surface area contributed by atoms with Crippen molar-refractivity contribution in [2.75, 3.05) is 37.6 Å². The second-order valence-corrected chi connectivity index (χ2v) is 7.95. The molecule has 2 aliphatic rings. The van der Waals surface area contributed by atoms with Crippen molar-refractivity contribution in [2.45, 2.75) is 31.7 Å². The largest absolute Gasteiger partial charge is 0.369 e. The number of benzene rings is 1. The van der Waals surface area contributed by atoms with Crippen molar-refractivity contribution < 1.29 is 4.79 Å². The van der Waals surface area contributed by atoms with Gasteiger partial charge in [0.1, 0.15) is 5.69 Å². The number of hydrogen-bond acceptors (Lipinski definition) is 4. The van der Waals surface area contributed by atoms with E-state index in [0.29, 0.717) is 11.7 Å². The fraction of sp³-hybridized carbons (Fsp3) is 0.417. The number of amides is 1. The number of rotatable bonds is 6. The maximum Gasteiger partial charge on any atom is 0.270 e. The Morgan fingerprint density at radius 1 is 1.07 bits per heavy atom. The van der Waals surface area contributed by atoms with E-state index in [1.165, 1.54) is 18.4 Å². The lowest BCUT2D eigenvalue weighted by molar-refractivity contribution is 0.0933. The van der Waals surface area contributed by atoms with Crippen LogP contribution in [0.4, 0.5) is 5.69 Å². The average Bonchev–Trinajstić information content (AvgIpc) is 3.28. The van der Waals surface area contributed by atoms with Crippen LogP contribution >= 0.6 is 0 Å². The molecule has 29 heavy (non-hydrogen) atoms. The molecule has 2 aromatic rings. The highest BCUT2D eigenvalue weighted by Crippen LogP contribution is 2.20. The number of nitrogens with one attached hydrogen (secondary N) is 1. The first-order valence-corrected chi connectivity index (χ1v) is 10.7. The summed E-state index contributed by atoms with van der Waals surface area (Å²) in [6.07, 6.45) is 10.8. The van der Waals surface area contributed by atoms with Gasteiger partial charge in [0, 0.05) is 50.6 Å². The van der Waals surface area contributed by atoms with Crippen LogP contribution in [0.5, 0.6) is 0 Å². The highest BCUT2D eigenvalue weighted by Gasteiger charge is 2.20. The van der Waals surface area contributed by atoms with Gasteiger partial charge in [-0.2, -0.15) is 0 Å². The van der Waals surface area contributed by atoms with Crippen LogP contribution < -0.4 is 10.2 Å². The van der Waals surface area contributed by atoms with Gasteiger partial charge in [0.05, 0.1) is 0 Å². The van der Waals surface area contributed by atoms with Gasteiger partial charge in [-0.1, -0.05) is 55.3 Å². The van der Waals surface area contributed by atoms with Crippen molar-refractivity contribution in [3.8, 4) is 0 Å². The molecule has 2 heterocycles. The lowest BCUT2D eigenvalue weighted by Gasteiger charge is -2.35. The van der Waals surface area contributed by atoms with E-state index in [1.807, 2.05) is 18.2 Å². The molecule has 0 spiro atoms. The average molecular weight is 391 g/mol. The Kier molecular flexibility index (Phi) is 6.57. The smallest absolute Gasteiger partial charge is 0.270 e. The molecule has 1 aliphatic carbocycles. The molecular weight excluding hydrogens is 360 g/mol. The van der Waals surface area contributed by atoms with E-state index >= 15 is 0 Å². The maximum absolute atomic E-state index is 12.5. The fourth-order valence-corrected chi connectivity index (χ4v) is 4.16. The standard InChI is InChI=1S/C24H30N4O/c29-24(26-21-10-4-5-11-21)23-19-22(12-13-25-23)28-17-15-27(16-18-28)14-6-9-20-7-2-1-3-8-20/h1-3,6-9,12-13,19,21H,4-5,10-11,14-18H2,(H,26,29)/b9-6+. The van der Waals surface area contributed by atoms with Crippen LogP contribution in [0, 0.1) is 0 Å². The van der Waals surface area contributed by atoms with E-state index in [1.54, 1.807) is 6.20 Å². The second kappa shape index (κ2) is 9.70. The van der Waals surface area contributed by atoms with Crippen molar-refractivity contribution in [1.29, 1.82) is 0 Å². The highest BCUT2D eigenvalue weighted by molar-refractivity contribution is 5.93. The third-order valence-corrected chi connectivity index (χ3v) is 5.88. The van der Waals surface area contributed by atoms with Crippen molar-refractivity contribution >= 4 is 17.7 Å². The summed E-state index contributed by atoms with van der Waals surface area (Å²) in [5, 5.41) is 3.13. The SMILES string of the molecule is O=C(NC1CCCC1)c1cc(N2CCN(C/C=C/c3ccccc3)CC2)ccn1. The number of anilines is 1. The Bertz CT molecular complexity index is 822. The molecule has 152 valence electrons. The Labute approximate surface area is 173 Å². The number of carbonyl (C=O) groups is 1. The summed E-state index contributed by atoms with van der Waals surface area (Å²) in [5.41, 5.74) is 2.87. The van der Waals surface area contributed by atoms with Gasteiger partial charge in [-0.15, -0.1) is 0 Å². The van der Waals surface area contributed by atoms with E-state index in [9.17, 15) is 4.79 Å². The molecule has 1 aliphatic heterocycles. The van der Waals surface area contributed by atoms with Crippen LogP contribution in [-0.4, -0.2) is 54.6 Å². The lowest BCUT2D eigenvalue weighted by Crippen LogP contribution is -2.46. The second-order valence-electron chi connectivity index (χ2n) is 7.95. The fourth-order valence-electron chi connectivity index (χ4n) is 4.16. The van der Waals surface area contributed by atoms with Gasteiger partial charge in [-0.05, 0) is 30.5 Å². The molecule has 1 aromatic heterocycles. The molecule has 1 N–H and O–H groups in total. The lowest BCUT2D eigenvalue weighted by atomic mass is 10.2. The Balaban J connectivity index is 1.28. The van der Waals surface area contributed by atoms with Gasteiger partial charge in [-0.3, -0.25) is 14.7 Å². The predicted octanol–water partition coefficient (Wildman–Crippen LogP) is 3.59. The molecule has 1 saturated carbocycles. The van der Waals surface area contributed by atoms with Crippen LogP contribution in [0.15, 0.2) is 54.7 Å². The Morgan fingerprint density at radius 2 is 1.83 bits per heavy atom. The van der Waals surface area contributed by atoms with Gasteiger partial charge < -0.3 is 10.2 Å². The van der Waals surface area contributed by atoms with E-state index < -0.39 is 0 Å². The zero-order valence-electron chi connectivity index (χ0n) is 17.0. The maximum atomic E-state index is 12.5. The number of carbonyl (C=O) groups excluding carboxylic acids is 1. The van der Waals surface area contributed by atoms with Crippen molar-refractivity contribution in [3.05, 3.63) is 66.0 Å².